The molecule has 0 saturated heterocycles. The number of thiophene rings is 1. The first-order valence-electron chi connectivity index (χ1n) is 8.81. The quantitative estimate of drug-likeness (QED) is 0.575. The number of sulfone groups is 1. The Bertz CT molecular complexity index is 1180. The van der Waals surface area contributed by atoms with Gasteiger partial charge in [-0.05, 0) is 47.4 Å². The summed E-state index contributed by atoms with van der Waals surface area (Å²) in [6, 6.07) is 14.3. The van der Waals surface area contributed by atoms with Crippen LogP contribution in [0.5, 0.6) is 0 Å². The average Bonchev–Trinajstić information content (AvgIpc) is 3.05. The number of carbonyl (C=O) groups is 1. The van der Waals surface area contributed by atoms with Gasteiger partial charge in [-0.3, -0.25) is 4.79 Å². The average molecular weight is 432 g/mol. The van der Waals surface area contributed by atoms with E-state index in [2.05, 4.69) is 19.2 Å². The molecule has 1 amide bonds. The van der Waals surface area contributed by atoms with Crippen molar-refractivity contribution in [3.63, 3.8) is 0 Å². The maximum absolute atomic E-state index is 12.7. The minimum absolute atomic E-state index is 0.122. The molecule has 1 aromatic heterocycles. The molecule has 1 aliphatic heterocycles. The van der Waals surface area contributed by atoms with Crippen LogP contribution in [0.15, 0.2) is 53.4 Å². The molecule has 0 saturated carbocycles. The highest BCUT2D eigenvalue weighted by atomic mass is 35.5. The molecule has 0 spiro atoms. The predicted octanol–water partition coefficient (Wildman–Crippen LogP) is 5.73. The van der Waals surface area contributed by atoms with Crippen molar-refractivity contribution >= 4 is 44.4 Å². The van der Waals surface area contributed by atoms with Crippen molar-refractivity contribution in [3.05, 3.63) is 69.6 Å². The third-order valence-corrected chi connectivity index (χ3v) is 7.88. The number of hydrogen-bond acceptors (Lipinski definition) is 4. The number of rotatable bonds is 3. The van der Waals surface area contributed by atoms with Crippen molar-refractivity contribution in [2.24, 2.45) is 0 Å². The Labute approximate surface area is 173 Å². The summed E-state index contributed by atoms with van der Waals surface area (Å²) in [7, 11) is -3.47. The third-order valence-electron chi connectivity index (χ3n) is 4.74. The second kappa shape index (κ2) is 7.03. The highest BCUT2D eigenvalue weighted by Crippen LogP contribution is 2.43. The van der Waals surface area contributed by atoms with Crippen molar-refractivity contribution in [3.8, 4) is 10.4 Å². The van der Waals surface area contributed by atoms with E-state index in [1.54, 1.807) is 18.2 Å². The van der Waals surface area contributed by atoms with Gasteiger partial charge in [-0.25, -0.2) is 8.42 Å². The molecule has 2 aromatic carbocycles. The van der Waals surface area contributed by atoms with Crippen LogP contribution in [0.25, 0.3) is 10.4 Å². The van der Waals surface area contributed by atoms with Crippen molar-refractivity contribution in [1.29, 1.82) is 0 Å². The molecule has 144 valence electrons. The molecule has 2 heterocycles. The van der Waals surface area contributed by atoms with E-state index in [0.717, 1.165) is 4.88 Å². The second-order valence-electron chi connectivity index (χ2n) is 7.10. The first-order valence-corrected chi connectivity index (χ1v) is 11.7. The molecule has 0 unspecified atom stereocenters. The first-order chi connectivity index (χ1) is 13.2. The molecule has 4 nitrogen and oxygen atoms in total. The van der Waals surface area contributed by atoms with Crippen molar-refractivity contribution in [2.45, 2.75) is 30.4 Å². The second-order valence-corrected chi connectivity index (χ2v) is 10.5. The molecule has 28 heavy (non-hydrogen) atoms. The van der Waals surface area contributed by atoms with Gasteiger partial charge >= 0.3 is 0 Å². The standard InChI is InChI=1S/C21H18ClNO3S2/c1-12(2)13-3-6-16(7-4-13)23-21(24)18-9-14-11-28(25,26)19-10-15(22)5-8-17(19)20(14)27-18/h3-10,12H,11H2,1-2H3,(H,23,24). The SMILES string of the molecule is CC(C)c1ccc(NC(=O)c2cc3c(s2)-c2ccc(Cl)cc2S(=O)(=O)C3)cc1. The van der Waals surface area contributed by atoms with Crippen LogP contribution in [0.3, 0.4) is 0 Å². The lowest BCUT2D eigenvalue weighted by Gasteiger charge is -2.16. The van der Waals surface area contributed by atoms with E-state index in [4.69, 9.17) is 11.6 Å². The van der Waals surface area contributed by atoms with Gasteiger partial charge in [0, 0.05) is 21.2 Å². The fourth-order valence-corrected chi connectivity index (χ4v) is 6.36. The van der Waals surface area contributed by atoms with Crippen molar-refractivity contribution < 1.29 is 13.2 Å². The Hall–Kier alpha value is -2.15. The Morgan fingerprint density at radius 1 is 1.11 bits per heavy atom. The van der Waals surface area contributed by atoms with Crippen molar-refractivity contribution in [1.82, 2.24) is 0 Å². The summed E-state index contributed by atoms with van der Waals surface area (Å²) in [6.07, 6.45) is 0. The van der Waals surface area contributed by atoms with Gasteiger partial charge in [-0.2, -0.15) is 0 Å². The summed E-state index contributed by atoms with van der Waals surface area (Å²) in [5.41, 5.74) is 3.17. The van der Waals surface area contributed by atoms with Crippen molar-refractivity contribution in [2.75, 3.05) is 5.32 Å². The summed E-state index contributed by atoms with van der Waals surface area (Å²) in [6.45, 7) is 4.23. The van der Waals surface area contributed by atoms with Gasteiger partial charge in [0.2, 0.25) is 0 Å². The lowest BCUT2D eigenvalue weighted by Crippen LogP contribution is -2.11. The lowest BCUT2D eigenvalue weighted by molar-refractivity contribution is 0.103. The molecule has 7 heteroatoms. The van der Waals surface area contributed by atoms with E-state index in [-0.39, 0.29) is 16.6 Å². The fraction of sp³-hybridized carbons (Fsp3) is 0.190. The zero-order valence-corrected chi connectivity index (χ0v) is 17.7. The number of carbonyl (C=O) groups excluding carboxylic acids is 1. The van der Waals surface area contributed by atoms with E-state index in [1.807, 2.05) is 24.3 Å². The first kappa shape index (κ1) is 19.2. The van der Waals surface area contributed by atoms with Crippen LogP contribution in [0.2, 0.25) is 5.02 Å². The highest BCUT2D eigenvalue weighted by molar-refractivity contribution is 7.91. The number of fused-ring (bicyclic) bond motifs is 3. The molecular weight excluding hydrogens is 414 g/mol. The summed E-state index contributed by atoms with van der Waals surface area (Å²) in [4.78, 5) is 14.2. The zero-order chi connectivity index (χ0) is 20.1. The molecule has 0 bridgehead atoms. The van der Waals surface area contributed by atoms with Gasteiger partial charge < -0.3 is 5.32 Å². The van der Waals surface area contributed by atoms with E-state index < -0.39 is 9.84 Å². The summed E-state index contributed by atoms with van der Waals surface area (Å²) < 4.78 is 25.2. The van der Waals surface area contributed by atoms with Crippen LogP contribution in [-0.2, 0) is 15.6 Å². The van der Waals surface area contributed by atoms with Gasteiger partial charge in [0.15, 0.2) is 9.84 Å². The van der Waals surface area contributed by atoms with Gasteiger partial charge in [0.1, 0.15) is 0 Å². The molecule has 1 N–H and O–H groups in total. The van der Waals surface area contributed by atoms with Crippen LogP contribution in [0, 0.1) is 0 Å². The molecule has 0 fully saturated rings. The normalized spacial score (nSPS) is 14.4. The highest BCUT2D eigenvalue weighted by Gasteiger charge is 2.31. The Morgan fingerprint density at radius 2 is 1.82 bits per heavy atom. The van der Waals surface area contributed by atoms with E-state index >= 15 is 0 Å². The van der Waals surface area contributed by atoms with Gasteiger partial charge in [0.05, 0.1) is 15.5 Å². The van der Waals surface area contributed by atoms with Gasteiger partial charge in [-0.15, -0.1) is 11.3 Å². The van der Waals surface area contributed by atoms with Gasteiger partial charge in [0.25, 0.3) is 5.91 Å². The summed E-state index contributed by atoms with van der Waals surface area (Å²) >= 11 is 7.28. The summed E-state index contributed by atoms with van der Waals surface area (Å²) in [5.74, 6) is 0.0524. The lowest BCUT2D eigenvalue weighted by atomic mass is 10.0. The predicted molar refractivity (Wildman–Crippen MR) is 114 cm³/mol. The molecule has 0 aliphatic carbocycles. The number of halogens is 1. The van der Waals surface area contributed by atoms with Crippen LogP contribution >= 0.6 is 22.9 Å². The van der Waals surface area contributed by atoms with E-state index in [9.17, 15) is 13.2 Å². The number of amides is 1. The number of nitrogens with one attached hydrogen (secondary N) is 1. The molecule has 0 atom stereocenters. The smallest absolute Gasteiger partial charge is 0.265 e. The maximum Gasteiger partial charge on any atom is 0.265 e. The molecule has 0 radical (unpaired) electrons. The van der Waals surface area contributed by atoms with E-state index in [0.29, 0.717) is 32.6 Å². The summed E-state index contributed by atoms with van der Waals surface area (Å²) in [5, 5.41) is 3.27. The largest absolute Gasteiger partial charge is 0.321 e. The Morgan fingerprint density at radius 3 is 2.50 bits per heavy atom. The van der Waals surface area contributed by atoms with Crippen LogP contribution in [0.1, 0.15) is 40.6 Å². The fourth-order valence-electron chi connectivity index (χ4n) is 3.24. The maximum atomic E-state index is 12.7. The number of hydrogen-bond donors (Lipinski definition) is 1. The van der Waals surface area contributed by atoms with Crippen LogP contribution < -0.4 is 5.32 Å². The molecular formula is C21H18ClNO3S2. The molecule has 4 rings (SSSR count). The minimum atomic E-state index is -3.47. The van der Waals surface area contributed by atoms with Crippen LogP contribution in [-0.4, -0.2) is 14.3 Å². The Kier molecular flexibility index (Phi) is 4.81. The Balaban J connectivity index is 1.65. The van der Waals surface area contributed by atoms with Gasteiger partial charge in [-0.1, -0.05) is 43.6 Å². The number of benzene rings is 2. The van der Waals surface area contributed by atoms with Crippen LogP contribution in [0.4, 0.5) is 5.69 Å². The number of anilines is 1. The molecule has 3 aromatic rings. The monoisotopic (exact) mass is 431 g/mol. The minimum Gasteiger partial charge on any atom is -0.321 e. The topological polar surface area (TPSA) is 63.2 Å². The van der Waals surface area contributed by atoms with E-state index in [1.165, 1.54) is 23.0 Å². The third kappa shape index (κ3) is 3.48. The molecule has 1 aliphatic rings. The zero-order valence-electron chi connectivity index (χ0n) is 15.3.